The third-order valence-corrected chi connectivity index (χ3v) is 9.59. The molecule has 4 aliphatic rings. The second-order valence-electron chi connectivity index (χ2n) is 10.2. The largest absolute Gasteiger partial charge is 0.302 e. The number of carbonyl (C=O) groups excluding carboxylic acids is 1. The van der Waals surface area contributed by atoms with Crippen LogP contribution >= 0.6 is 23.1 Å². The third kappa shape index (κ3) is 4.23. The number of benzene rings is 1. The van der Waals surface area contributed by atoms with Crippen LogP contribution in [0.25, 0.3) is 10.2 Å². The van der Waals surface area contributed by atoms with Crippen molar-refractivity contribution in [2.45, 2.75) is 56.6 Å². The molecule has 2 heterocycles. The molecule has 1 aromatic carbocycles. The Balaban J connectivity index is 1.13. The number of amides is 1. The van der Waals surface area contributed by atoms with E-state index in [4.69, 9.17) is 0 Å². The first-order valence-electron chi connectivity index (χ1n) is 11.9. The van der Waals surface area contributed by atoms with Crippen LogP contribution in [0, 0.1) is 23.2 Å². The van der Waals surface area contributed by atoms with Gasteiger partial charge in [-0.3, -0.25) is 4.79 Å². The molecule has 1 N–H and O–H groups in total. The molecule has 0 atom stereocenters. The monoisotopic (exact) mass is 479 g/mol. The SMILES string of the molecule is C=CCn1c(CC23CC4CC(CC(C4)C2)C3)nnc1SCC(=O)Nc1nc2ccccc2s1. The second kappa shape index (κ2) is 8.55. The van der Waals surface area contributed by atoms with Gasteiger partial charge >= 0.3 is 0 Å². The Morgan fingerprint density at radius 3 is 2.61 bits per heavy atom. The van der Waals surface area contributed by atoms with Crippen molar-refractivity contribution in [3.05, 3.63) is 42.7 Å². The van der Waals surface area contributed by atoms with E-state index in [0.29, 0.717) is 17.1 Å². The van der Waals surface area contributed by atoms with E-state index in [1.54, 1.807) is 0 Å². The van der Waals surface area contributed by atoms with E-state index in [-0.39, 0.29) is 11.7 Å². The van der Waals surface area contributed by atoms with Crippen LogP contribution in [0.4, 0.5) is 5.13 Å². The quantitative estimate of drug-likeness (QED) is 0.338. The standard InChI is InChI=1S/C25H29N5OS2/c1-2-7-30-21(14-25-11-16-8-17(12-25)10-18(9-16)13-25)28-29-24(30)32-15-22(31)27-23-26-19-5-3-4-6-20(19)33-23/h2-6,16-18H,1,7-15H2,(H,26,27,31). The Labute approximate surface area is 202 Å². The molecule has 4 fully saturated rings. The van der Waals surface area contributed by atoms with Gasteiger partial charge in [-0.25, -0.2) is 4.98 Å². The summed E-state index contributed by atoms with van der Waals surface area (Å²) in [7, 11) is 0. The van der Waals surface area contributed by atoms with Crippen LogP contribution in [0.3, 0.4) is 0 Å². The fraction of sp³-hybridized carbons (Fsp3) is 0.520. The smallest absolute Gasteiger partial charge is 0.236 e. The second-order valence-corrected chi connectivity index (χ2v) is 12.2. The Hall–Kier alpha value is -2.19. The van der Waals surface area contributed by atoms with Gasteiger partial charge in [-0.15, -0.1) is 16.8 Å². The molecule has 172 valence electrons. The lowest BCUT2D eigenvalue weighted by molar-refractivity contribution is -0.113. The zero-order valence-electron chi connectivity index (χ0n) is 18.7. The predicted molar refractivity (Wildman–Crippen MR) is 134 cm³/mol. The van der Waals surface area contributed by atoms with Gasteiger partial charge in [0.1, 0.15) is 5.82 Å². The molecule has 0 aliphatic heterocycles. The molecule has 0 radical (unpaired) electrons. The molecule has 0 spiro atoms. The van der Waals surface area contributed by atoms with Crippen molar-refractivity contribution < 1.29 is 4.79 Å². The summed E-state index contributed by atoms with van der Waals surface area (Å²) in [6, 6.07) is 7.91. The van der Waals surface area contributed by atoms with Gasteiger partial charge in [0, 0.05) is 13.0 Å². The summed E-state index contributed by atoms with van der Waals surface area (Å²) in [6.45, 7) is 4.62. The van der Waals surface area contributed by atoms with E-state index in [1.165, 1.54) is 61.6 Å². The van der Waals surface area contributed by atoms with Gasteiger partial charge in [-0.2, -0.15) is 0 Å². The summed E-state index contributed by atoms with van der Waals surface area (Å²) in [5, 5.41) is 13.5. The highest BCUT2D eigenvalue weighted by Crippen LogP contribution is 2.61. The fourth-order valence-electron chi connectivity index (χ4n) is 6.92. The number of para-hydroxylation sites is 1. The minimum Gasteiger partial charge on any atom is -0.302 e. The zero-order valence-corrected chi connectivity index (χ0v) is 20.3. The molecule has 0 unspecified atom stereocenters. The minimum absolute atomic E-state index is 0.0742. The van der Waals surface area contributed by atoms with Crippen LogP contribution in [0.1, 0.15) is 44.3 Å². The number of rotatable bonds is 8. The topological polar surface area (TPSA) is 72.7 Å². The van der Waals surface area contributed by atoms with Crippen molar-refractivity contribution in [1.29, 1.82) is 0 Å². The van der Waals surface area contributed by atoms with E-state index >= 15 is 0 Å². The van der Waals surface area contributed by atoms with Crippen LogP contribution in [-0.4, -0.2) is 31.4 Å². The van der Waals surface area contributed by atoms with E-state index in [1.807, 2.05) is 30.3 Å². The first-order valence-corrected chi connectivity index (χ1v) is 13.7. The molecule has 4 aliphatic carbocycles. The molecule has 4 bridgehead atoms. The van der Waals surface area contributed by atoms with Gasteiger partial charge in [-0.1, -0.05) is 41.3 Å². The Morgan fingerprint density at radius 1 is 1.18 bits per heavy atom. The van der Waals surface area contributed by atoms with Crippen LogP contribution in [0.2, 0.25) is 0 Å². The van der Waals surface area contributed by atoms with Gasteiger partial charge in [0.05, 0.1) is 16.0 Å². The Bertz CT molecular complexity index is 1130. The van der Waals surface area contributed by atoms with Gasteiger partial charge < -0.3 is 9.88 Å². The zero-order chi connectivity index (χ0) is 22.4. The van der Waals surface area contributed by atoms with E-state index in [9.17, 15) is 4.79 Å². The Morgan fingerprint density at radius 2 is 1.91 bits per heavy atom. The molecule has 2 aromatic heterocycles. The number of nitrogens with zero attached hydrogens (tertiary/aromatic N) is 4. The number of allylic oxidation sites excluding steroid dienone is 1. The molecule has 7 rings (SSSR count). The maximum absolute atomic E-state index is 12.6. The highest BCUT2D eigenvalue weighted by atomic mass is 32.2. The van der Waals surface area contributed by atoms with E-state index < -0.39 is 0 Å². The molecule has 6 nitrogen and oxygen atoms in total. The number of carbonyl (C=O) groups is 1. The number of aromatic nitrogens is 4. The summed E-state index contributed by atoms with van der Waals surface area (Å²) in [5.41, 5.74) is 1.32. The third-order valence-electron chi connectivity index (χ3n) is 7.68. The van der Waals surface area contributed by atoms with Gasteiger partial charge in [0.2, 0.25) is 5.91 Å². The van der Waals surface area contributed by atoms with Gasteiger partial charge in [-0.05, 0) is 73.8 Å². The number of nitrogens with one attached hydrogen (secondary N) is 1. The van der Waals surface area contributed by atoms with Crippen molar-refractivity contribution in [3.8, 4) is 0 Å². The van der Waals surface area contributed by atoms with Crippen molar-refractivity contribution in [2.24, 2.45) is 23.2 Å². The van der Waals surface area contributed by atoms with Crippen molar-refractivity contribution in [1.82, 2.24) is 19.7 Å². The molecule has 1 amide bonds. The predicted octanol–water partition coefficient (Wildman–Crippen LogP) is 5.56. The maximum atomic E-state index is 12.6. The molecule has 0 saturated heterocycles. The number of thiazole rings is 1. The molecular weight excluding hydrogens is 450 g/mol. The Kier molecular flexibility index (Phi) is 5.53. The first-order chi connectivity index (χ1) is 16.1. The number of fused-ring (bicyclic) bond motifs is 1. The van der Waals surface area contributed by atoms with Crippen molar-refractivity contribution >= 4 is 44.4 Å². The van der Waals surface area contributed by atoms with Crippen molar-refractivity contribution in [3.63, 3.8) is 0 Å². The lowest BCUT2D eigenvalue weighted by atomic mass is 9.49. The first kappa shape index (κ1) is 21.4. The molecule has 8 heteroatoms. The van der Waals surface area contributed by atoms with Crippen LogP contribution < -0.4 is 5.32 Å². The molecule has 33 heavy (non-hydrogen) atoms. The van der Waals surface area contributed by atoms with Crippen molar-refractivity contribution in [2.75, 3.05) is 11.1 Å². The molecular formula is C25H29N5OS2. The minimum atomic E-state index is -0.0742. The number of thioether (sulfide) groups is 1. The summed E-state index contributed by atoms with van der Waals surface area (Å²) in [6.07, 6.45) is 11.3. The average Bonchev–Trinajstić information content (AvgIpc) is 3.34. The summed E-state index contributed by atoms with van der Waals surface area (Å²) in [5.74, 6) is 4.04. The van der Waals surface area contributed by atoms with Gasteiger partial charge in [0.25, 0.3) is 0 Å². The number of anilines is 1. The van der Waals surface area contributed by atoms with E-state index in [2.05, 4.69) is 31.6 Å². The van der Waals surface area contributed by atoms with E-state index in [0.717, 1.165) is 45.4 Å². The van der Waals surface area contributed by atoms with Crippen LogP contribution in [-0.2, 0) is 17.8 Å². The van der Waals surface area contributed by atoms with Crippen LogP contribution in [0.15, 0.2) is 42.1 Å². The summed E-state index contributed by atoms with van der Waals surface area (Å²) in [4.78, 5) is 17.1. The average molecular weight is 480 g/mol. The highest BCUT2D eigenvalue weighted by molar-refractivity contribution is 7.99. The summed E-state index contributed by atoms with van der Waals surface area (Å²) >= 11 is 2.94. The number of hydrogen-bond acceptors (Lipinski definition) is 6. The van der Waals surface area contributed by atoms with Gasteiger partial charge in [0.15, 0.2) is 10.3 Å². The number of hydrogen-bond donors (Lipinski definition) is 1. The lowest BCUT2D eigenvalue weighted by Gasteiger charge is -2.56. The normalized spacial score (nSPS) is 27.8. The fourth-order valence-corrected chi connectivity index (χ4v) is 8.57. The summed E-state index contributed by atoms with van der Waals surface area (Å²) < 4.78 is 3.24. The molecule has 4 saturated carbocycles. The maximum Gasteiger partial charge on any atom is 0.236 e. The lowest BCUT2D eigenvalue weighted by Crippen LogP contribution is -2.47. The van der Waals surface area contributed by atoms with Crippen LogP contribution in [0.5, 0.6) is 0 Å². The highest BCUT2D eigenvalue weighted by Gasteiger charge is 2.51. The molecule has 3 aromatic rings.